The van der Waals surface area contributed by atoms with Crippen LogP contribution in [0, 0.1) is 0 Å². The number of benzene rings is 2. The lowest BCUT2D eigenvalue weighted by molar-refractivity contribution is 0.220. The second kappa shape index (κ2) is 7.65. The first-order valence-electron chi connectivity index (χ1n) is 10.1. The Kier molecular flexibility index (Phi) is 5.64. The van der Waals surface area contributed by atoms with Gasteiger partial charge in [0.15, 0.2) is 8.24 Å². The Morgan fingerprint density at radius 2 is 1.33 bits per heavy atom. The summed E-state index contributed by atoms with van der Waals surface area (Å²) in [5.74, 6) is 0. The molecule has 0 aliphatic carbocycles. The SMILES string of the molecule is CC(C)[Si](C(C)C)(C(C)C)n1ccc2cc(C(O)c3ccccc3)ccc21. The fourth-order valence-corrected chi connectivity index (χ4v) is 12.0. The zero-order chi connectivity index (χ0) is 19.8. The Bertz CT molecular complexity index is 873. The van der Waals surface area contributed by atoms with Crippen molar-refractivity contribution in [3.8, 4) is 0 Å². The molecule has 144 valence electrons. The van der Waals surface area contributed by atoms with Gasteiger partial charge in [0.25, 0.3) is 0 Å². The summed E-state index contributed by atoms with van der Waals surface area (Å²) in [5.41, 5.74) is 5.17. The third-order valence-corrected chi connectivity index (χ3v) is 13.1. The molecule has 0 aliphatic heterocycles. The molecule has 3 rings (SSSR count). The van der Waals surface area contributed by atoms with Crippen molar-refractivity contribution in [1.29, 1.82) is 0 Å². The zero-order valence-electron chi connectivity index (χ0n) is 17.5. The molecule has 27 heavy (non-hydrogen) atoms. The molecule has 0 saturated heterocycles. The first-order valence-corrected chi connectivity index (χ1v) is 12.3. The zero-order valence-corrected chi connectivity index (χ0v) is 18.5. The molecule has 1 unspecified atom stereocenters. The van der Waals surface area contributed by atoms with E-state index in [1.165, 1.54) is 10.9 Å². The van der Waals surface area contributed by atoms with Crippen LogP contribution in [0.25, 0.3) is 10.9 Å². The maximum Gasteiger partial charge on any atom is 0.169 e. The van der Waals surface area contributed by atoms with Gasteiger partial charge in [-0.15, -0.1) is 0 Å². The van der Waals surface area contributed by atoms with Crippen molar-refractivity contribution in [1.82, 2.24) is 4.23 Å². The van der Waals surface area contributed by atoms with Crippen molar-refractivity contribution in [2.45, 2.75) is 64.3 Å². The van der Waals surface area contributed by atoms with Crippen LogP contribution in [0.5, 0.6) is 0 Å². The van der Waals surface area contributed by atoms with Gasteiger partial charge in [0.2, 0.25) is 0 Å². The summed E-state index contributed by atoms with van der Waals surface area (Å²) in [7, 11) is -1.77. The topological polar surface area (TPSA) is 25.2 Å². The average molecular weight is 380 g/mol. The van der Waals surface area contributed by atoms with E-state index in [-0.39, 0.29) is 0 Å². The molecule has 1 aromatic heterocycles. The highest BCUT2D eigenvalue weighted by Crippen LogP contribution is 2.44. The molecule has 0 saturated carbocycles. The van der Waals surface area contributed by atoms with E-state index in [4.69, 9.17) is 0 Å². The van der Waals surface area contributed by atoms with Gasteiger partial charge in [0.1, 0.15) is 6.10 Å². The molecule has 0 amide bonds. The van der Waals surface area contributed by atoms with Crippen molar-refractivity contribution in [3.63, 3.8) is 0 Å². The molecule has 0 fully saturated rings. The van der Waals surface area contributed by atoms with Crippen molar-refractivity contribution >= 4 is 19.1 Å². The fraction of sp³-hybridized carbons (Fsp3) is 0.417. The van der Waals surface area contributed by atoms with E-state index < -0.39 is 14.3 Å². The van der Waals surface area contributed by atoms with Crippen molar-refractivity contribution in [3.05, 3.63) is 71.9 Å². The number of aliphatic hydroxyl groups is 1. The lowest BCUT2D eigenvalue weighted by Gasteiger charge is -2.44. The van der Waals surface area contributed by atoms with Crippen LogP contribution in [0.2, 0.25) is 16.6 Å². The number of hydrogen-bond donors (Lipinski definition) is 1. The van der Waals surface area contributed by atoms with Crippen LogP contribution in [0.4, 0.5) is 0 Å². The number of aliphatic hydroxyl groups excluding tert-OH is 1. The number of fused-ring (bicyclic) bond motifs is 1. The minimum Gasteiger partial charge on any atom is -0.384 e. The highest BCUT2D eigenvalue weighted by atomic mass is 28.3. The molecule has 0 spiro atoms. The number of nitrogens with zero attached hydrogens (tertiary/aromatic N) is 1. The van der Waals surface area contributed by atoms with Crippen molar-refractivity contribution < 1.29 is 5.11 Å². The highest BCUT2D eigenvalue weighted by molar-refractivity contribution is 6.82. The Labute approximate surface area is 164 Å². The van der Waals surface area contributed by atoms with Gasteiger partial charge in [0.05, 0.1) is 0 Å². The summed E-state index contributed by atoms with van der Waals surface area (Å²) in [4.78, 5) is 0. The Hall–Kier alpha value is -1.84. The summed E-state index contributed by atoms with van der Waals surface area (Å²) >= 11 is 0. The monoisotopic (exact) mass is 379 g/mol. The standard InChI is InChI=1S/C24H33NOSi/c1-17(2)27(18(3)4,19(5)6)25-15-14-21-16-22(12-13-23(21)25)24(26)20-10-8-7-9-11-20/h7-19,24,26H,1-6H3. The largest absolute Gasteiger partial charge is 0.384 e. The lowest BCUT2D eigenvalue weighted by Crippen LogP contribution is -2.51. The smallest absolute Gasteiger partial charge is 0.169 e. The fourth-order valence-electron chi connectivity index (χ4n) is 5.33. The van der Waals surface area contributed by atoms with Gasteiger partial charge in [0, 0.05) is 5.52 Å². The minimum absolute atomic E-state index is 0.582. The van der Waals surface area contributed by atoms with Crippen molar-refractivity contribution in [2.75, 3.05) is 0 Å². The van der Waals surface area contributed by atoms with Crippen LogP contribution in [0.15, 0.2) is 60.8 Å². The molecular formula is C24H33NOSi. The van der Waals surface area contributed by atoms with Gasteiger partial charge in [-0.2, -0.15) is 0 Å². The molecule has 1 atom stereocenters. The van der Waals surface area contributed by atoms with E-state index in [0.717, 1.165) is 11.1 Å². The minimum atomic E-state index is -1.77. The number of aromatic nitrogens is 1. The van der Waals surface area contributed by atoms with Crippen LogP contribution in [0.3, 0.4) is 0 Å². The third kappa shape index (κ3) is 3.28. The molecule has 2 aromatic carbocycles. The van der Waals surface area contributed by atoms with E-state index in [2.05, 4.69) is 76.2 Å². The molecule has 3 heteroatoms. The van der Waals surface area contributed by atoms with E-state index in [0.29, 0.717) is 16.6 Å². The third-order valence-electron chi connectivity index (χ3n) is 6.34. The Balaban J connectivity index is 2.10. The van der Waals surface area contributed by atoms with Crippen molar-refractivity contribution in [2.24, 2.45) is 0 Å². The quantitative estimate of drug-likeness (QED) is 0.471. The van der Waals surface area contributed by atoms with Gasteiger partial charge in [-0.05, 0) is 57.5 Å². The van der Waals surface area contributed by atoms with Crippen LogP contribution >= 0.6 is 0 Å². The molecule has 2 nitrogen and oxygen atoms in total. The van der Waals surface area contributed by atoms with E-state index >= 15 is 0 Å². The maximum atomic E-state index is 10.8. The van der Waals surface area contributed by atoms with Gasteiger partial charge >= 0.3 is 0 Å². The van der Waals surface area contributed by atoms with E-state index in [1.807, 2.05) is 30.3 Å². The van der Waals surface area contributed by atoms with E-state index in [9.17, 15) is 5.11 Å². The normalized spacial score (nSPS) is 13.9. The maximum absolute atomic E-state index is 10.8. The Morgan fingerprint density at radius 1 is 0.741 bits per heavy atom. The first kappa shape index (κ1) is 19.9. The molecule has 0 aliphatic rings. The first-order chi connectivity index (χ1) is 12.8. The average Bonchev–Trinajstić information content (AvgIpc) is 3.05. The lowest BCUT2D eigenvalue weighted by atomic mass is 10.0. The second-order valence-corrected chi connectivity index (χ2v) is 14.4. The highest BCUT2D eigenvalue weighted by Gasteiger charge is 2.45. The molecule has 1 N–H and O–H groups in total. The summed E-state index contributed by atoms with van der Waals surface area (Å²) in [6.45, 7) is 14.4. The van der Waals surface area contributed by atoms with Crippen LogP contribution in [-0.2, 0) is 0 Å². The molecule has 0 bridgehead atoms. The van der Waals surface area contributed by atoms with Gasteiger partial charge in [-0.1, -0.05) is 77.9 Å². The van der Waals surface area contributed by atoms with Crippen LogP contribution < -0.4 is 0 Å². The Morgan fingerprint density at radius 3 is 1.89 bits per heavy atom. The van der Waals surface area contributed by atoms with E-state index in [1.54, 1.807) is 0 Å². The molecule has 1 heterocycles. The predicted molar refractivity (Wildman–Crippen MR) is 119 cm³/mol. The van der Waals surface area contributed by atoms with Gasteiger partial charge < -0.3 is 9.34 Å². The second-order valence-electron chi connectivity index (χ2n) is 8.67. The summed E-state index contributed by atoms with van der Waals surface area (Å²) in [6, 6.07) is 18.6. The molecular weight excluding hydrogens is 346 g/mol. The molecule has 0 radical (unpaired) electrons. The summed E-state index contributed by atoms with van der Waals surface area (Å²) in [6.07, 6.45) is 1.72. The van der Waals surface area contributed by atoms with Gasteiger partial charge in [-0.25, -0.2) is 0 Å². The van der Waals surface area contributed by atoms with Crippen LogP contribution in [-0.4, -0.2) is 17.6 Å². The summed E-state index contributed by atoms with van der Waals surface area (Å²) < 4.78 is 2.63. The molecule has 3 aromatic rings. The number of hydrogen-bond acceptors (Lipinski definition) is 1. The van der Waals surface area contributed by atoms with Crippen LogP contribution in [0.1, 0.15) is 58.8 Å². The summed E-state index contributed by atoms with van der Waals surface area (Å²) in [5, 5.41) is 12.0. The predicted octanol–water partition coefficient (Wildman–Crippen LogP) is 6.75. The number of rotatable bonds is 6. The van der Waals surface area contributed by atoms with Gasteiger partial charge in [-0.3, -0.25) is 0 Å².